The van der Waals surface area contributed by atoms with Crippen LogP contribution in [0.3, 0.4) is 0 Å². The van der Waals surface area contributed by atoms with Gasteiger partial charge in [-0.25, -0.2) is 0 Å². The van der Waals surface area contributed by atoms with Gasteiger partial charge in [-0.15, -0.1) is 0 Å². The molecule has 0 N–H and O–H groups in total. The summed E-state index contributed by atoms with van der Waals surface area (Å²) in [6.07, 6.45) is 13.1. The van der Waals surface area contributed by atoms with Crippen LogP contribution in [-0.2, 0) is 0 Å². The fraction of sp³-hybridized carbons (Fsp3) is 0.625. The molecule has 0 saturated carbocycles. The van der Waals surface area contributed by atoms with E-state index < -0.39 is 0 Å². The van der Waals surface area contributed by atoms with Crippen LogP contribution in [0.4, 0.5) is 0 Å². The van der Waals surface area contributed by atoms with Gasteiger partial charge in [0, 0.05) is 0 Å². The molecule has 16 heavy (non-hydrogen) atoms. The second-order valence-corrected chi connectivity index (χ2v) is 5.19. The van der Waals surface area contributed by atoms with Gasteiger partial charge in [-0.1, -0.05) is 56.2 Å². The Morgan fingerprint density at radius 1 is 1.44 bits per heavy atom. The van der Waals surface area contributed by atoms with Crippen molar-refractivity contribution in [1.29, 1.82) is 0 Å². The van der Waals surface area contributed by atoms with Gasteiger partial charge in [0.15, 0.2) is 0 Å². The first-order valence-electron chi connectivity index (χ1n) is 6.65. The SMILES string of the molecule is C=C1/C=C/[C@H](C(C)CC)CC/C(C)=C/CC1. The van der Waals surface area contributed by atoms with Crippen LogP contribution in [0.1, 0.15) is 52.9 Å². The Morgan fingerprint density at radius 3 is 2.88 bits per heavy atom. The highest BCUT2D eigenvalue weighted by atomic mass is 14.2. The third-order valence-electron chi connectivity index (χ3n) is 3.78. The summed E-state index contributed by atoms with van der Waals surface area (Å²) in [6.45, 7) is 11.0. The monoisotopic (exact) mass is 218 g/mol. The average molecular weight is 218 g/mol. The summed E-state index contributed by atoms with van der Waals surface area (Å²) in [4.78, 5) is 0. The molecular weight excluding hydrogens is 192 g/mol. The van der Waals surface area contributed by atoms with E-state index in [4.69, 9.17) is 0 Å². The van der Waals surface area contributed by atoms with Crippen molar-refractivity contribution in [2.24, 2.45) is 11.8 Å². The van der Waals surface area contributed by atoms with Gasteiger partial charge in [-0.2, -0.15) is 0 Å². The Kier molecular flexibility index (Phi) is 5.59. The zero-order valence-corrected chi connectivity index (χ0v) is 11.1. The maximum absolute atomic E-state index is 4.12. The van der Waals surface area contributed by atoms with Gasteiger partial charge in [-0.3, -0.25) is 0 Å². The first kappa shape index (κ1) is 13.3. The molecule has 0 aromatic rings. The van der Waals surface area contributed by atoms with Gasteiger partial charge in [0.05, 0.1) is 0 Å². The molecule has 0 heteroatoms. The molecule has 1 aliphatic carbocycles. The fourth-order valence-corrected chi connectivity index (χ4v) is 2.22. The van der Waals surface area contributed by atoms with Crippen LogP contribution in [0, 0.1) is 11.8 Å². The zero-order valence-electron chi connectivity index (χ0n) is 11.1. The maximum atomic E-state index is 4.12. The van der Waals surface area contributed by atoms with E-state index in [0.717, 1.165) is 24.7 Å². The van der Waals surface area contributed by atoms with Gasteiger partial charge in [0.25, 0.3) is 0 Å². The van der Waals surface area contributed by atoms with Gasteiger partial charge < -0.3 is 0 Å². The van der Waals surface area contributed by atoms with Gasteiger partial charge >= 0.3 is 0 Å². The Labute approximate surface area is 101 Å². The molecule has 1 unspecified atom stereocenters. The van der Waals surface area contributed by atoms with Crippen molar-refractivity contribution in [3.8, 4) is 0 Å². The molecule has 0 saturated heterocycles. The van der Waals surface area contributed by atoms with Crippen LogP contribution >= 0.6 is 0 Å². The summed E-state index contributed by atoms with van der Waals surface area (Å²) in [5.41, 5.74) is 2.83. The summed E-state index contributed by atoms with van der Waals surface area (Å²) < 4.78 is 0. The molecule has 0 fully saturated rings. The lowest BCUT2D eigenvalue weighted by atomic mass is 9.85. The highest BCUT2D eigenvalue weighted by Gasteiger charge is 2.13. The molecule has 0 aromatic carbocycles. The van der Waals surface area contributed by atoms with E-state index in [-0.39, 0.29) is 0 Å². The minimum Gasteiger partial charge on any atom is -0.0958 e. The van der Waals surface area contributed by atoms with Crippen LogP contribution in [0.2, 0.25) is 0 Å². The number of hydrogen-bond acceptors (Lipinski definition) is 0. The third-order valence-corrected chi connectivity index (χ3v) is 3.78. The first-order chi connectivity index (χ1) is 7.63. The molecule has 0 radical (unpaired) electrons. The molecule has 2 atom stereocenters. The second-order valence-electron chi connectivity index (χ2n) is 5.19. The van der Waals surface area contributed by atoms with Crippen molar-refractivity contribution >= 4 is 0 Å². The highest BCUT2D eigenvalue weighted by Crippen LogP contribution is 2.26. The Balaban J connectivity index is 2.71. The van der Waals surface area contributed by atoms with E-state index in [1.54, 1.807) is 5.57 Å². The number of allylic oxidation sites excluding steroid dienone is 5. The molecule has 0 aromatic heterocycles. The van der Waals surface area contributed by atoms with E-state index in [1.807, 2.05) is 0 Å². The lowest BCUT2D eigenvalue weighted by Crippen LogP contribution is -2.09. The quantitative estimate of drug-likeness (QED) is 0.553. The summed E-state index contributed by atoms with van der Waals surface area (Å²) >= 11 is 0. The lowest BCUT2D eigenvalue weighted by Gasteiger charge is -2.20. The van der Waals surface area contributed by atoms with Crippen LogP contribution in [0.25, 0.3) is 0 Å². The topological polar surface area (TPSA) is 0 Å². The van der Waals surface area contributed by atoms with Crippen molar-refractivity contribution < 1.29 is 0 Å². The molecule has 90 valence electrons. The molecule has 0 bridgehead atoms. The van der Waals surface area contributed by atoms with E-state index >= 15 is 0 Å². The normalized spacial score (nSPS) is 30.3. The molecule has 1 rings (SSSR count). The molecule has 0 spiro atoms. The van der Waals surface area contributed by atoms with Crippen molar-refractivity contribution in [3.63, 3.8) is 0 Å². The second kappa shape index (κ2) is 6.73. The van der Waals surface area contributed by atoms with E-state index in [9.17, 15) is 0 Å². The standard InChI is InChI=1S/C16H26/c1-5-15(4)16-11-9-13(2)7-6-8-14(3)10-12-16/h8-9,11,15-16H,2,5-7,10,12H2,1,3-4H3/b11-9+,14-8+/t15?,16-/m0/s1. The van der Waals surface area contributed by atoms with Crippen molar-refractivity contribution in [3.05, 3.63) is 36.0 Å². The summed E-state index contributed by atoms with van der Waals surface area (Å²) in [5, 5.41) is 0. The number of rotatable bonds is 2. The van der Waals surface area contributed by atoms with Crippen LogP contribution in [-0.4, -0.2) is 0 Å². The van der Waals surface area contributed by atoms with Crippen molar-refractivity contribution in [1.82, 2.24) is 0 Å². The summed E-state index contributed by atoms with van der Waals surface area (Å²) in [5.74, 6) is 1.51. The minimum absolute atomic E-state index is 0.725. The van der Waals surface area contributed by atoms with E-state index in [2.05, 4.69) is 45.6 Å². The minimum atomic E-state index is 0.725. The average Bonchev–Trinajstić information content (AvgIpc) is 2.28. The van der Waals surface area contributed by atoms with Gasteiger partial charge in [0.1, 0.15) is 0 Å². The Morgan fingerprint density at radius 2 is 2.19 bits per heavy atom. The van der Waals surface area contributed by atoms with Crippen LogP contribution < -0.4 is 0 Å². The molecule has 0 amide bonds. The summed E-state index contributed by atoms with van der Waals surface area (Å²) in [7, 11) is 0. The highest BCUT2D eigenvalue weighted by molar-refractivity contribution is 5.17. The van der Waals surface area contributed by atoms with Crippen LogP contribution in [0.5, 0.6) is 0 Å². The Hall–Kier alpha value is -0.780. The maximum Gasteiger partial charge on any atom is -0.0202 e. The van der Waals surface area contributed by atoms with E-state index in [0.29, 0.717) is 0 Å². The van der Waals surface area contributed by atoms with Crippen molar-refractivity contribution in [2.75, 3.05) is 0 Å². The first-order valence-corrected chi connectivity index (χ1v) is 6.65. The largest absolute Gasteiger partial charge is 0.0958 e. The predicted octanol–water partition coefficient (Wildman–Crippen LogP) is 5.28. The molecule has 0 nitrogen and oxygen atoms in total. The lowest BCUT2D eigenvalue weighted by molar-refractivity contribution is 0.392. The zero-order chi connectivity index (χ0) is 12.0. The molecule has 1 aliphatic rings. The van der Waals surface area contributed by atoms with Crippen molar-refractivity contribution in [2.45, 2.75) is 52.9 Å². The predicted molar refractivity (Wildman–Crippen MR) is 73.5 cm³/mol. The summed E-state index contributed by atoms with van der Waals surface area (Å²) in [6, 6.07) is 0. The van der Waals surface area contributed by atoms with Crippen LogP contribution in [0.15, 0.2) is 36.0 Å². The fourth-order valence-electron chi connectivity index (χ4n) is 2.22. The smallest absolute Gasteiger partial charge is 0.0202 e. The molecular formula is C16H26. The van der Waals surface area contributed by atoms with Gasteiger partial charge in [0.2, 0.25) is 0 Å². The third kappa shape index (κ3) is 4.38. The Bertz CT molecular complexity index is 280. The van der Waals surface area contributed by atoms with Gasteiger partial charge in [-0.05, 0) is 44.4 Å². The number of hydrogen-bond donors (Lipinski definition) is 0. The molecule has 0 aliphatic heterocycles. The van der Waals surface area contributed by atoms with E-state index in [1.165, 1.54) is 24.8 Å². The molecule has 0 heterocycles.